The molecule has 0 radical (unpaired) electrons. The van der Waals surface area contributed by atoms with Gasteiger partial charge in [0.05, 0.1) is 22.2 Å². The summed E-state index contributed by atoms with van der Waals surface area (Å²) in [6.45, 7) is 0.541. The first-order valence-electron chi connectivity index (χ1n) is 13.8. The quantitative estimate of drug-likeness (QED) is 0.178. The molecule has 1 aromatic heterocycles. The van der Waals surface area contributed by atoms with Crippen LogP contribution in [0.4, 0.5) is 13.6 Å². The summed E-state index contributed by atoms with van der Waals surface area (Å²) >= 11 is 9.08. The van der Waals surface area contributed by atoms with Crippen LogP contribution in [0.1, 0.15) is 40.9 Å². The minimum atomic E-state index is -1.06. The van der Waals surface area contributed by atoms with E-state index in [9.17, 15) is 18.4 Å². The predicted octanol–water partition coefficient (Wildman–Crippen LogP) is 8.70. The molecule has 6 nitrogen and oxygen atoms in total. The Labute approximate surface area is 262 Å². The summed E-state index contributed by atoms with van der Waals surface area (Å²) in [5.41, 5.74) is 2.76. The lowest BCUT2D eigenvalue weighted by molar-refractivity contribution is 0.0592. The summed E-state index contributed by atoms with van der Waals surface area (Å²) in [5, 5.41) is 11.3. The number of hydrogen-bond donors (Lipinski definition) is 2. The number of carboxylic acid groups (broad SMARTS) is 1. The fourth-order valence-electron chi connectivity index (χ4n) is 5.67. The monoisotopic (exact) mass is 644 g/mol. The summed E-state index contributed by atoms with van der Waals surface area (Å²) in [6.07, 6.45) is 3.68. The molecule has 11 heteroatoms. The highest BCUT2D eigenvalue weighted by Gasteiger charge is 2.33. The first kappa shape index (κ1) is 31.1. The standard InChI is InChI=1S/C32H31ClF2N2O4S2/c1-41-26-14-7-20(19-5-10-23(42-2)11-6-19)15-21(26)17-37(22-8-3-18(4-9-22)16-36-32(39)40)31(38)30-28(33)27-24(34)12-13-25(35)29(27)43-30/h5-7,10-15,18,22,36H,3-4,8-9,16-17H2,1-2H3,(H,39,40). The van der Waals surface area contributed by atoms with Gasteiger partial charge in [0.25, 0.3) is 5.91 Å². The van der Waals surface area contributed by atoms with Crippen molar-refractivity contribution < 1.29 is 28.2 Å². The molecule has 2 amide bonds. The van der Waals surface area contributed by atoms with Gasteiger partial charge in [-0.05, 0) is 85.4 Å². The lowest BCUT2D eigenvalue weighted by Gasteiger charge is -2.37. The average Bonchev–Trinajstić information content (AvgIpc) is 3.38. The summed E-state index contributed by atoms with van der Waals surface area (Å²) in [5.74, 6) is -0.962. The van der Waals surface area contributed by atoms with Gasteiger partial charge in [0, 0.05) is 29.6 Å². The Morgan fingerprint density at radius 2 is 1.72 bits per heavy atom. The Hall–Kier alpha value is -3.34. The molecule has 1 aliphatic rings. The van der Waals surface area contributed by atoms with Crippen molar-refractivity contribution >= 4 is 56.8 Å². The Bertz CT molecular complexity index is 1640. The topological polar surface area (TPSA) is 78.9 Å². The molecule has 1 aliphatic carbocycles. The number of amides is 2. The Kier molecular flexibility index (Phi) is 9.78. The molecule has 0 atom stereocenters. The van der Waals surface area contributed by atoms with Crippen LogP contribution in [0.15, 0.2) is 59.5 Å². The molecule has 0 spiro atoms. The van der Waals surface area contributed by atoms with E-state index in [4.69, 9.17) is 21.4 Å². The van der Waals surface area contributed by atoms with E-state index in [1.54, 1.807) is 23.8 Å². The molecule has 1 saturated carbocycles. The minimum absolute atomic E-state index is 0.00465. The zero-order chi connectivity index (χ0) is 30.7. The van der Waals surface area contributed by atoms with Gasteiger partial charge in [-0.25, -0.2) is 13.6 Å². The molecule has 4 aromatic rings. The van der Waals surface area contributed by atoms with Crippen LogP contribution in [0.5, 0.6) is 5.75 Å². The number of thioether (sulfide) groups is 1. The van der Waals surface area contributed by atoms with E-state index in [0.29, 0.717) is 25.1 Å². The number of carbonyl (C=O) groups excluding carboxylic acids is 1. The second-order valence-electron chi connectivity index (χ2n) is 10.5. The molecule has 0 bridgehead atoms. The third-order valence-corrected chi connectivity index (χ3v) is 10.4. The molecule has 43 heavy (non-hydrogen) atoms. The van der Waals surface area contributed by atoms with Crippen LogP contribution in [0.2, 0.25) is 5.02 Å². The average molecular weight is 645 g/mol. The van der Waals surface area contributed by atoms with Gasteiger partial charge in [-0.15, -0.1) is 23.1 Å². The summed E-state index contributed by atoms with van der Waals surface area (Å²) in [6, 6.07) is 15.9. The number of nitrogens with zero attached hydrogens (tertiary/aromatic N) is 1. The third kappa shape index (κ3) is 6.76. The van der Waals surface area contributed by atoms with Crippen molar-refractivity contribution in [1.82, 2.24) is 10.2 Å². The van der Waals surface area contributed by atoms with Crippen LogP contribution in [0, 0.1) is 17.6 Å². The zero-order valence-corrected chi connectivity index (χ0v) is 26.1. The molecular formula is C32H31ClF2N2O4S2. The summed E-state index contributed by atoms with van der Waals surface area (Å²) in [7, 11) is 1.58. The molecule has 1 heterocycles. The van der Waals surface area contributed by atoms with Gasteiger partial charge in [-0.1, -0.05) is 29.8 Å². The first-order chi connectivity index (χ1) is 20.7. The lowest BCUT2D eigenvalue weighted by Crippen LogP contribution is -2.43. The van der Waals surface area contributed by atoms with Crippen molar-refractivity contribution in [2.45, 2.75) is 43.2 Å². The molecule has 0 unspecified atom stereocenters. The number of carbonyl (C=O) groups is 2. The molecule has 3 aromatic carbocycles. The maximum absolute atomic E-state index is 14.7. The van der Waals surface area contributed by atoms with Gasteiger partial charge in [0.1, 0.15) is 22.3 Å². The van der Waals surface area contributed by atoms with Crippen LogP contribution in [-0.4, -0.2) is 48.0 Å². The Morgan fingerprint density at radius 3 is 2.35 bits per heavy atom. The second kappa shape index (κ2) is 13.5. The highest BCUT2D eigenvalue weighted by atomic mass is 35.5. The number of methoxy groups -OCH3 is 1. The van der Waals surface area contributed by atoms with E-state index in [2.05, 4.69) is 17.4 Å². The number of benzene rings is 3. The summed E-state index contributed by atoms with van der Waals surface area (Å²) in [4.78, 5) is 28.2. The number of nitrogens with one attached hydrogen (secondary N) is 1. The van der Waals surface area contributed by atoms with E-state index >= 15 is 0 Å². The van der Waals surface area contributed by atoms with Crippen molar-refractivity contribution in [3.05, 3.63) is 81.7 Å². The van der Waals surface area contributed by atoms with Gasteiger partial charge in [-0.3, -0.25) is 4.79 Å². The zero-order valence-electron chi connectivity index (χ0n) is 23.7. The summed E-state index contributed by atoms with van der Waals surface area (Å²) < 4.78 is 35.0. The highest BCUT2D eigenvalue weighted by molar-refractivity contribution is 7.98. The smallest absolute Gasteiger partial charge is 0.404 e. The van der Waals surface area contributed by atoms with E-state index in [1.165, 1.54) is 0 Å². The number of ether oxygens (including phenoxy) is 1. The maximum Gasteiger partial charge on any atom is 0.404 e. The fourth-order valence-corrected chi connectivity index (χ4v) is 7.59. The molecule has 0 saturated heterocycles. The minimum Gasteiger partial charge on any atom is -0.496 e. The molecule has 226 valence electrons. The first-order valence-corrected chi connectivity index (χ1v) is 16.3. The normalized spacial score (nSPS) is 16.7. The number of thiophene rings is 1. The van der Waals surface area contributed by atoms with Crippen LogP contribution in [0.3, 0.4) is 0 Å². The second-order valence-corrected chi connectivity index (χ2v) is 12.8. The van der Waals surface area contributed by atoms with Gasteiger partial charge in [-0.2, -0.15) is 0 Å². The van der Waals surface area contributed by atoms with Gasteiger partial charge in [0.15, 0.2) is 0 Å². The predicted molar refractivity (Wildman–Crippen MR) is 169 cm³/mol. The van der Waals surface area contributed by atoms with Crippen LogP contribution < -0.4 is 10.1 Å². The Balaban J connectivity index is 1.51. The van der Waals surface area contributed by atoms with Gasteiger partial charge < -0.3 is 20.1 Å². The van der Waals surface area contributed by atoms with Gasteiger partial charge >= 0.3 is 6.09 Å². The van der Waals surface area contributed by atoms with Crippen LogP contribution in [0.25, 0.3) is 21.2 Å². The van der Waals surface area contributed by atoms with Crippen LogP contribution in [-0.2, 0) is 6.54 Å². The van der Waals surface area contributed by atoms with Gasteiger partial charge in [0.2, 0.25) is 0 Å². The van der Waals surface area contributed by atoms with Crippen molar-refractivity contribution in [1.29, 1.82) is 0 Å². The Morgan fingerprint density at radius 1 is 1.05 bits per heavy atom. The van der Waals surface area contributed by atoms with Crippen LogP contribution >= 0.6 is 34.7 Å². The SMILES string of the molecule is COc1ccc(-c2ccc(SC)cc2)cc1CN(C(=O)c1sc2c(F)ccc(F)c2c1Cl)C1CCC(CNC(=O)O)CC1. The molecule has 5 rings (SSSR count). The van der Waals surface area contributed by atoms with E-state index in [0.717, 1.165) is 57.9 Å². The van der Waals surface area contributed by atoms with E-state index in [1.807, 2.05) is 36.6 Å². The van der Waals surface area contributed by atoms with E-state index in [-0.39, 0.29) is 38.5 Å². The largest absolute Gasteiger partial charge is 0.496 e. The number of fused-ring (bicyclic) bond motifs is 1. The molecule has 0 aliphatic heterocycles. The molecule has 1 fully saturated rings. The highest BCUT2D eigenvalue weighted by Crippen LogP contribution is 2.41. The number of halogens is 3. The fraction of sp³-hybridized carbons (Fsp3) is 0.312. The van der Waals surface area contributed by atoms with Crippen molar-refractivity contribution in [3.63, 3.8) is 0 Å². The molecule has 2 N–H and O–H groups in total. The van der Waals surface area contributed by atoms with Crippen molar-refractivity contribution in [2.75, 3.05) is 19.9 Å². The van der Waals surface area contributed by atoms with E-state index < -0.39 is 23.6 Å². The lowest BCUT2D eigenvalue weighted by atomic mass is 9.85. The molecular weight excluding hydrogens is 614 g/mol. The van der Waals surface area contributed by atoms with Crippen molar-refractivity contribution in [2.24, 2.45) is 5.92 Å². The van der Waals surface area contributed by atoms with Crippen molar-refractivity contribution in [3.8, 4) is 16.9 Å². The third-order valence-electron chi connectivity index (χ3n) is 7.98. The maximum atomic E-state index is 14.7. The number of hydrogen-bond acceptors (Lipinski definition) is 5. The number of rotatable bonds is 9.